The third-order valence-corrected chi connectivity index (χ3v) is 5.07. The molecule has 2 atom stereocenters. The molecule has 1 aliphatic rings. The fraction of sp³-hybridized carbons (Fsp3) is 0.706. The van der Waals surface area contributed by atoms with Crippen LogP contribution in [0.5, 0.6) is 0 Å². The Labute approximate surface area is 166 Å². The van der Waals surface area contributed by atoms with Gasteiger partial charge < -0.3 is 20.1 Å². The Bertz CT molecular complexity index is 451. The van der Waals surface area contributed by atoms with Crippen molar-refractivity contribution in [3.8, 4) is 0 Å². The van der Waals surface area contributed by atoms with Gasteiger partial charge in [-0.15, -0.1) is 35.3 Å². The minimum absolute atomic E-state index is 0. The number of hydrogen-bond acceptors (Lipinski definition) is 4. The zero-order valence-electron chi connectivity index (χ0n) is 14.6. The number of halogens is 1. The summed E-state index contributed by atoms with van der Waals surface area (Å²) >= 11 is 1.80. The van der Waals surface area contributed by atoms with Crippen LogP contribution in [0.25, 0.3) is 0 Å². The number of aliphatic imine (C=N–C) groups is 1. The molecule has 0 aliphatic carbocycles. The SMILES string of the molecule is CN=C(NCCCOCC1CCOC1)NCC(C)c1cccs1.I. The maximum absolute atomic E-state index is 5.70. The van der Waals surface area contributed by atoms with Gasteiger partial charge in [0.1, 0.15) is 0 Å². The highest BCUT2D eigenvalue weighted by Gasteiger charge is 2.15. The van der Waals surface area contributed by atoms with Crippen molar-refractivity contribution in [2.75, 3.05) is 46.6 Å². The lowest BCUT2D eigenvalue weighted by molar-refractivity contribution is 0.0888. The van der Waals surface area contributed by atoms with E-state index in [9.17, 15) is 0 Å². The Morgan fingerprint density at radius 1 is 1.50 bits per heavy atom. The molecule has 1 saturated heterocycles. The standard InChI is InChI=1S/C17H29N3O2S.HI/c1-14(16-5-3-10-23-16)11-20-17(18-2)19-7-4-8-21-12-15-6-9-22-13-15;/h3,5,10,14-15H,4,6-9,11-13H2,1-2H3,(H2,18,19,20);1H. The van der Waals surface area contributed by atoms with Gasteiger partial charge >= 0.3 is 0 Å². The minimum atomic E-state index is 0. The molecule has 1 aliphatic heterocycles. The summed E-state index contributed by atoms with van der Waals surface area (Å²) in [6.45, 7) is 7.34. The van der Waals surface area contributed by atoms with Crippen LogP contribution in [0.3, 0.4) is 0 Å². The maximum Gasteiger partial charge on any atom is 0.190 e. The average molecular weight is 467 g/mol. The van der Waals surface area contributed by atoms with E-state index in [1.807, 2.05) is 7.05 Å². The van der Waals surface area contributed by atoms with Gasteiger partial charge in [-0.25, -0.2) is 0 Å². The smallest absolute Gasteiger partial charge is 0.190 e. The Morgan fingerprint density at radius 2 is 2.38 bits per heavy atom. The molecule has 0 amide bonds. The Balaban J connectivity index is 0.00000288. The Hall–Kier alpha value is -0.380. The van der Waals surface area contributed by atoms with E-state index in [1.54, 1.807) is 11.3 Å². The third kappa shape index (κ3) is 8.13. The summed E-state index contributed by atoms with van der Waals surface area (Å²) in [5, 5.41) is 8.84. The molecule has 0 aromatic carbocycles. The molecule has 1 fully saturated rings. The molecular formula is C17H30IN3O2S. The van der Waals surface area contributed by atoms with Gasteiger partial charge in [0.05, 0.1) is 13.2 Å². The van der Waals surface area contributed by atoms with Crippen LogP contribution in [0.1, 0.15) is 30.6 Å². The number of thiophene rings is 1. The normalized spacial score (nSPS) is 18.9. The molecule has 2 unspecified atom stereocenters. The Morgan fingerprint density at radius 3 is 3.04 bits per heavy atom. The van der Waals surface area contributed by atoms with E-state index in [2.05, 4.69) is 40.1 Å². The molecule has 7 heteroatoms. The number of nitrogens with zero attached hydrogens (tertiary/aromatic N) is 1. The van der Waals surface area contributed by atoms with Crippen molar-refractivity contribution < 1.29 is 9.47 Å². The summed E-state index contributed by atoms with van der Waals surface area (Å²) < 4.78 is 11.0. The van der Waals surface area contributed by atoms with Gasteiger partial charge in [0.15, 0.2) is 5.96 Å². The Kier molecular flexibility index (Phi) is 11.7. The zero-order valence-corrected chi connectivity index (χ0v) is 17.8. The van der Waals surface area contributed by atoms with Gasteiger partial charge in [0.2, 0.25) is 0 Å². The predicted octanol–water partition coefficient (Wildman–Crippen LogP) is 3.08. The molecule has 0 bridgehead atoms. The van der Waals surface area contributed by atoms with Crippen LogP contribution in [0.2, 0.25) is 0 Å². The predicted molar refractivity (Wildman–Crippen MR) is 112 cm³/mol. The van der Waals surface area contributed by atoms with Crippen molar-refractivity contribution in [2.45, 2.75) is 25.7 Å². The van der Waals surface area contributed by atoms with Crippen LogP contribution in [0, 0.1) is 5.92 Å². The lowest BCUT2D eigenvalue weighted by atomic mass is 10.1. The summed E-state index contributed by atoms with van der Waals surface area (Å²) in [4.78, 5) is 5.66. The fourth-order valence-electron chi connectivity index (χ4n) is 2.49. The topological polar surface area (TPSA) is 54.9 Å². The number of hydrogen-bond donors (Lipinski definition) is 2. The van der Waals surface area contributed by atoms with Crippen LogP contribution >= 0.6 is 35.3 Å². The van der Waals surface area contributed by atoms with Crippen molar-refractivity contribution in [2.24, 2.45) is 10.9 Å². The van der Waals surface area contributed by atoms with E-state index in [0.717, 1.165) is 58.3 Å². The molecule has 2 N–H and O–H groups in total. The van der Waals surface area contributed by atoms with Crippen molar-refractivity contribution in [3.63, 3.8) is 0 Å². The molecule has 1 aromatic rings. The van der Waals surface area contributed by atoms with E-state index in [4.69, 9.17) is 9.47 Å². The molecule has 24 heavy (non-hydrogen) atoms. The molecule has 0 spiro atoms. The molecule has 1 aromatic heterocycles. The molecule has 2 heterocycles. The molecule has 2 rings (SSSR count). The highest BCUT2D eigenvalue weighted by Crippen LogP contribution is 2.19. The summed E-state index contributed by atoms with van der Waals surface area (Å²) in [5.41, 5.74) is 0. The summed E-state index contributed by atoms with van der Waals surface area (Å²) in [6, 6.07) is 4.28. The highest BCUT2D eigenvalue weighted by molar-refractivity contribution is 14.0. The van der Waals surface area contributed by atoms with Crippen LogP contribution < -0.4 is 10.6 Å². The zero-order chi connectivity index (χ0) is 16.3. The van der Waals surface area contributed by atoms with Gasteiger partial charge in [0.25, 0.3) is 0 Å². The molecule has 0 saturated carbocycles. The number of nitrogens with one attached hydrogen (secondary N) is 2. The van der Waals surface area contributed by atoms with E-state index in [-0.39, 0.29) is 24.0 Å². The van der Waals surface area contributed by atoms with Crippen molar-refractivity contribution in [1.29, 1.82) is 0 Å². The second-order valence-corrected chi connectivity index (χ2v) is 6.93. The highest BCUT2D eigenvalue weighted by atomic mass is 127. The van der Waals surface area contributed by atoms with Crippen molar-refractivity contribution in [1.82, 2.24) is 10.6 Å². The monoisotopic (exact) mass is 467 g/mol. The first-order valence-electron chi connectivity index (χ1n) is 8.43. The van der Waals surface area contributed by atoms with Crippen LogP contribution in [-0.4, -0.2) is 52.5 Å². The average Bonchev–Trinajstić information content (AvgIpc) is 3.26. The third-order valence-electron chi connectivity index (χ3n) is 3.96. The van der Waals surface area contributed by atoms with E-state index in [1.165, 1.54) is 4.88 Å². The lowest BCUT2D eigenvalue weighted by Crippen LogP contribution is -2.39. The van der Waals surface area contributed by atoms with Crippen LogP contribution in [-0.2, 0) is 9.47 Å². The first-order valence-corrected chi connectivity index (χ1v) is 9.31. The molecular weight excluding hydrogens is 437 g/mol. The van der Waals surface area contributed by atoms with Crippen molar-refractivity contribution in [3.05, 3.63) is 22.4 Å². The van der Waals surface area contributed by atoms with Crippen molar-refractivity contribution >= 4 is 41.3 Å². The molecule has 5 nitrogen and oxygen atoms in total. The quantitative estimate of drug-likeness (QED) is 0.254. The fourth-order valence-corrected chi connectivity index (χ4v) is 3.28. The molecule has 0 radical (unpaired) electrons. The van der Waals surface area contributed by atoms with Crippen LogP contribution in [0.4, 0.5) is 0 Å². The van der Waals surface area contributed by atoms with E-state index >= 15 is 0 Å². The van der Waals surface area contributed by atoms with E-state index in [0.29, 0.717) is 11.8 Å². The summed E-state index contributed by atoms with van der Waals surface area (Å²) in [7, 11) is 1.81. The number of ether oxygens (including phenoxy) is 2. The number of rotatable bonds is 9. The minimum Gasteiger partial charge on any atom is -0.381 e. The lowest BCUT2D eigenvalue weighted by Gasteiger charge is -2.15. The maximum atomic E-state index is 5.70. The van der Waals surface area contributed by atoms with Gasteiger partial charge in [-0.3, -0.25) is 4.99 Å². The van der Waals surface area contributed by atoms with Crippen LogP contribution in [0.15, 0.2) is 22.5 Å². The molecule has 138 valence electrons. The largest absolute Gasteiger partial charge is 0.381 e. The summed E-state index contributed by atoms with van der Waals surface area (Å²) in [6.07, 6.45) is 2.12. The van der Waals surface area contributed by atoms with E-state index < -0.39 is 0 Å². The second kappa shape index (κ2) is 12.9. The van der Waals surface area contributed by atoms with Gasteiger partial charge in [-0.1, -0.05) is 13.0 Å². The van der Waals surface area contributed by atoms with Gasteiger partial charge in [-0.2, -0.15) is 0 Å². The number of guanidine groups is 1. The first-order chi connectivity index (χ1) is 11.3. The van der Waals surface area contributed by atoms with Gasteiger partial charge in [-0.05, 0) is 24.3 Å². The van der Waals surface area contributed by atoms with Gasteiger partial charge in [0, 0.05) is 50.1 Å². The second-order valence-electron chi connectivity index (χ2n) is 5.95. The first kappa shape index (κ1) is 21.7. The summed E-state index contributed by atoms with van der Waals surface area (Å²) in [5.74, 6) is 1.94.